The van der Waals surface area contributed by atoms with Crippen molar-refractivity contribution in [2.24, 2.45) is 5.73 Å². The zero-order valence-electron chi connectivity index (χ0n) is 10.9. The molecule has 2 fully saturated rings. The molecule has 1 amide bonds. The van der Waals surface area contributed by atoms with Crippen LogP contribution in [0.1, 0.15) is 45.4 Å². The van der Waals surface area contributed by atoms with E-state index in [1.54, 1.807) is 0 Å². The van der Waals surface area contributed by atoms with E-state index in [4.69, 9.17) is 10.5 Å². The molecule has 0 aromatic carbocycles. The third kappa shape index (κ3) is 2.80. The van der Waals surface area contributed by atoms with Crippen molar-refractivity contribution in [3.63, 3.8) is 0 Å². The van der Waals surface area contributed by atoms with Crippen LogP contribution in [0.25, 0.3) is 0 Å². The van der Waals surface area contributed by atoms with Gasteiger partial charge in [0.2, 0.25) is 5.91 Å². The third-order valence-electron chi connectivity index (χ3n) is 4.33. The predicted octanol–water partition coefficient (Wildman–Crippen LogP) is 1.28. The number of nitrogens with two attached hydrogens (primary N) is 1. The number of rotatable bonds is 3. The zero-order chi connectivity index (χ0) is 12.5. The van der Waals surface area contributed by atoms with Crippen LogP contribution in [0.5, 0.6) is 0 Å². The Balaban J connectivity index is 1.90. The molecule has 2 aliphatic rings. The molecule has 0 radical (unpaired) electrons. The molecule has 4 heteroatoms. The second-order valence-corrected chi connectivity index (χ2v) is 5.68. The van der Waals surface area contributed by atoms with E-state index in [1.807, 2.05) is 18.9 Å². The molecule has 2 atom stereocenters. The van der Waals surface area contributed by atoms with Crippen LogP contribution in [0.2, 0.25) is 0 Å². The minimum atomic E-state index is -0.242. The summed E-state index contributed by atoms with van der Waals surface area (Å²) in [5, 5.41) is 0. The summed E-state index contributed by atoms with van der Waals surface area (Å²) >= 11 is 0. The second-order valence-electron chi connectivity index (χ2n) is 5.68. The Morgan fingerprint density at radius 3 is 2.65 bits per heavy atom. The molecule has 98 valence electrons. The summed E-state index contributed by atoms with van der Waals surface area (Å²) < 4.78 is 5.51. The first-order chi connectivity index (χ1) is 8.02. The monoisotopic (exact) mass is 240 g/mol. The third-order valence-corrected chi connectivity index (χ3v) is 4.33. The molecule has 2 unspecified atom stereocenters. The number of amides is 1. The van der Waals surface area contributed by atoms with Gasteiger partial charge >= 0.3 is 0 Å². The molecule has 1 aliphatic carbocycles. The van der Waals surface area contributed by atoms with Gasteiger partial charge in [-0.1, -0.05) is 12.8 Å². The van der Waals surface area contributed by atoms with Gasteiger partial charge in [0.05, 0.1) is 12.1 Å². The fourth-order valence-electron chi connectivity index (χ4n) is 3.10. The van der Waals surface area contributed by atoms with Crippen molar-refractivity contribution in [1.29, 1.82) is 0 Å². The van der Waals surface area contributed by atoms with E-state index in [0.717, 1.165) is 38.7 Å². The Morgan fingerprint density at radius 1 is 1.47 bits per heavy atom. The average Bonchev–Trinajstić information content (AvgIpc) is 2.86. The number of carbonyl (C=O) groups excluding carboxylic acids is 1. The van der Waals surface area contributed by atoms with Gasteiger partial charge in [-0.25, -0.2) is 0 Å². The quantitative estimate of drug-likeness (QED) is 0.808. The van der Waals surface area contributed by atoms with Gasteiger partial charge in [-0.15, -0.1) is 0 Å². The van der Waals surface area contributed by atoms with Crippen LogP contribution >= 0.6 is 0 Å². The Kier molecular flexibility index (Phi) is 3.73. The summed E-state index contributed by atoms with van der Waals surface area (Å²) in [6.45, 7) is 2.80. The van der Waals surface area contributed by atoms with Gasteiger partial charge in [0.1, 0.15) is 0 Å². The Morgan fingerprint density at radius 2 is 2.12 bits per heavy atom. The number of likely N-dealkylation sites (N-methyl/N-ethyl adjacent to an activating group) is 1. The lowest BCUT2D eigenvalue weighted by molar-refractivity contribution is -0.134. The van der Waals surface area contributed by atoms with Crippen LogP contribution in [-0.2, 0) is 9.53 Å². The van der Waals surface area contributed by atoms with E-state index in [-0.39, 0.29) is 23.6 Å². The molecule has 1 aliphatic heterocycles. The highest BCUT2D eigenvalue weighted by Crippen LogP contribution is 2.31. The molecule has 1 heterocycles. The molecule has 0 spiro atoms. The van der Waals surface area contributed by atoms with Crippen LogP contribution in [0.4, 0.5) is 0 Å². The molecule has 4 nitrogen and oxygen atoms in total. The fourth-order valence-corrected chi connectivity index (χ4v) is 3.10. The summed E-state index contributed by atoms with van der Waals surface area (Å²) in [6.07, 6.45) is 5.90. The SMILES string of the molecule is CC1OCCC1N(C)C(=O)CC1(N)CCCC1. The first kappa shape index (κ1) is 12.8. The summed E-state index contributed by atoms with van der Waals surface area (Å²) in [5.41, 5.74) is 6.01. The van der Waals surface area contributed by atoms with Gasteiger partial charge in [-0.05, 0) is 26.2 Å². The van der Waals surface area contributed by atoms with E-state index < -0.39 is 0 Å². The van der Waals surface area contributed by atoms with E-state index in [9.17, 15) is 4.79 Å². The van der Waals surface area contributed by atoms with Gasteiger partial charge in [0.25, 0.3) is 0 Å². The van der Waals surface area contributed by atoms with Crippen molar-refractivity contribution in [1.82, 2.24) is 4.90 Å². The molecule has 1 saturated carbocycles. The summed E-state index contributed by atoms with van der Waals surface area (Å²) in [7, 11) is 1.89. The summed E-state index contributed by atoms with van der Waals surface area (Å²) in [6, 6.07) is 0.229. The van der Waals surface area contributed by atoms with Gasteiger partial charge in [0, 0.05) is 25.6 Å². The molecule has 17 heavy (non-hydrogen) atoms. The second kappa shape index (κ2) is 4.94. The highest BCUT2D eigenvalue weighted by molar-refractivity contribution is 5.77. The van der Waals surface area contributed by atoms with Crippen LogP contribution in [0.15, 0.2) is 0 Å². The lowest BCUT2D eigenvalue weighted by atomic mass is 9.93. The molecular weight excluding hydrogens is 216 g/mol. The first-order valence-corrected chi connectivity index (χ1v) is 6.68. The van der Waals surface area contributed by atoms with E-state index in [2.05, 4.69) is 0 Å². The van der Waals surface area contributed by atoms with Crippen molar-refractivity contribution < 1.29 is 9.53 Å². The van der Waals surface area contributed by atoms with Gasteiger partial charge in [0.15, 0.2) is 0 Å². The number of hydrogen-bond donors (Lipinski definition) is 1. The van der Waals surface area contributed by atoms with E-state index >= 15 is 0 Å². The number of nitrogens with zero attached hydrogens (tertiary/aromatic N) is 1. The normalized spacial score (nSPS) is 31.7. The Labute approximate surface area is 103 Å². The molecule has 2 rings (SSSR count). The lowest BCUT2D eigenvalue weighted by Gasteiger charge is -2.31. The topological polar surface area (TPSA) is 55.6 Å². The van der Waals surface area contributed by atoms with E-state index in [0.29, 0.717) is 6.42 Å². The molecule has 0 aromatic rings. The van der Waals surface area contributed by atoms with Crippen LogP contribution in [0, 0.1) is 0 Å². The van der Waals surface area contributed by atoms with Crippen molar-refractivity contribution in [2.45, 2.75) is 63.1 Å². The molecule has 1 saturated heterocycles. The van der Waals surface area contributed by atoms with Gasteiger partial charge < -0.3 is 15.4 Å². The van der Waals surface area contributed by atoms with Crippen LogP contribution in [0.3, 0.4) is 0 Å². The highest BCUT2D eigenvalue weighted by atomic mass is 16.5. The minimum Gasteiger partial charge on any atom is -0.376 e. The maximum Gasteiger partial charge on any atom is 0.224 e. The molecular formula is C13H24N2O2. The van der Waals surface area contributed by atoms with Crippen LogP contribution in [-0.4, -0.2) is 42.1 Å². The number of carbonyl (C=O) groups is 1. The molecule has 0 bridgehead atoms. The van der Waals surface area contributed by atoms with Crippen molar-refractivity contribution in [2.75, 3.05) is 13.7 Å². The Bertz CT molecular complexity index is 287. The average molecular weight is 240 g/mol. The fraction of sp³-hybridized carbons (Fsp3) is 0.923. The smallest absolute Gasteiger partial charge is 0.224 e. The zero-order valence-corrected chi connectivity index (χ0v) is 10.9. The standard InChI is InChI=1S/C13H24N2O2/c1-10-11(5-8-17-10)15(2)12(16)9-13(14)6-3-4-7-13/h10-11H,3-9,14H2,1-2H3. The van der Waals surface area contributed by atoms with Crippen molar-refractivity contribution in [3.8, 4) is 0 Å². The number of hydrogen-bond acceptors (Lipinski definition) is 3. The van der Waals surface area contributed by atoms with Crippen molar-refractivity contribution >= 4 is 5.91 Å². The first-order valence-electron chi connectivity index (χ1n) is 6.68. The maximum atomic E-state index is 12.2. The predicted molar refractivity (Wildman–Crippen MR) is 66.6 cm³/mol. The highest BCUT2D eigenvalue weighted by Gasteiger charge is 2.36. The molecule has 2 N–H and O–H groups in total. The molecule has 0 aromatic heterocycles. The minimum absolute atomic E-state index is 0.154. The lowest BCUT2D eigenvalue weighted by Crippen LogP contribution is -2.47. The van der Waals surface area contributed by atoms with Gasteiger partial charge in [-0.3, -0.25) is 4.79 Å². The van der Waals surface area contributed by atoms with Crippen LogP contribution < -0.4 is 5.73 Å². The largest absolute Gasteiger partial charge is 0.376 e. The maximum absolute atomic E-state index is 12.2. The summed E-state index contributed by atoms with van der Waals surface area (Å²) in [5.74, 6) is 0.178. The summed E-state index contributed by atoms with van der Waals surface area (Å²) in [4.78, 5) is 14.1. The number of ether oxygens (including phenoxy) is 1. The Hall–Kier alpha value is -0.610. The van der Waals surface area contributed by atoms with Crippen molar-refractivity contribution in [3.05, 3.63) is 0 Å². The van der Waals surface area contributed by atoms with Gasteiger partial charge in [-0.2, -0.15) is 0 Å². The van der Waals surface area contributed by atoms with E-state index in [1.165, 1.54) is 0 Å².